The molecule has 4 heteroatoms. The molecule has 0 N–H and O–H groups in total. The van der Waals surface area contributed by atoms with Crippen LogP contribution < -0.4 is 4.74 Å². The molecule has 0 saturated heterocycles. The predicted molar refractivity (Wildman–Crippen MR) is 139 cm³/mol. The fraction of sp³-hybridized carbons (Fsp3) is 0.400. The van der Waals surface area contributed by atoms with Crippen LogP contribution in [0.4, 0.5) is 0 Å². The minimum atomic E-state index is -0.286. The average molecular weight is 460 g/mol. The fourth-order valence-electron chi connectivity index (χ4n) is 3.54. The van der Waals surface area contributed by atoms with Crippen molar-refractivity contribution >= 4 is 17.6 Å². The Hall–Kier alpha value is -3.32. The van der Waals surface area contributed by atoms with Crippen molar-refractivity contribution in [1.29, 1.82) is 5.26 Å². The third kappa shape index (κ3) is 11.0. The lowest BCUT2D eigenvalue weighted by molar-refractivity contribution is -0.139. The van der Waals surface area contributed by atoms with E-state index >= 15 is 0 Å². The molecule has 0 radical (unpaired) electrons. The quantitative estimate of drug-likeness (QED) is 0.0846. The number of hydrogen-bond acceptors (Lipinski definition) is 4. The molecular weight excluding hydrogens is 422 g/mol. The zero-order valence-electron chi connectivity index (χ0n) is 20.4. The van der Waals surface area contributed by atoms with Crippen molar-refractivity contribution in [3.8, 4) is 11.8 Å². The molecule has 0 heterocycles. The minimum absolute atomic E-state index is 0.286. The van der Waals surface area contributed by atoms with Crippen molar-refractivity contribution < 1.29 is 14.3 Å². The average Bonchev–Trinajstić information content (AvgIpc) is 2.86. The van der Waals surface area contributed by atoms with Gasteiger partial charge in [0.15, 0.2) is 0 Å². The summed E-state index contributed by atoms with van der Waals surface area (Å²) in [5.41, 5.74) is 3.02. The molecule has 0 aliphatic rings. The zero-order valence-corrected chi connectivity index (χ0v) is 20.4. The summed E-state index contributed by atoms with van der Waals surface area (Å²) in [4.78, 5) is 11.3. The Kier molecular flexibility index (Phi) is 12.9. The van der Waals surface area contributed by atoms with Crippen LogP contribution in [0.25, 0.3) is 11.6 Å². The lowest BCUT2D eigenvalue weighted by Gasteiger charge is -2.07. The first-order valence-electron chi connectivity index (χ1n) is 12.3. The van der Waals surface area contributed by atoms with Crippen LogP contribution in [0, 0.1) is 11.3 Å². The first kappa shape index (κ1) is 26.9. The SMILES string of the molecule is C=C(C)C(=O)OCCCCCCCCCCCOc1ccc(/C=C(\C#N)c2ccccc2)cc1. The minimum Gasteiger partial charge on any atom is -0.494 e. The first-order valence-corrected chi connectivity index (χ1v) is 12.3. The topological polar surface area (TPSA) is 59.3 Å². The van der Waals surface area contributed by atoms with Gasteiger partial charge in [0.2, 0.25) is 0 Å². The summed E-state index contributed by atoms with van der Waals surface area (Å²) in [5.74, 6) is 0.579. The van der Waals surface area contributed by atoms with E-state index in [4.69, 9.17) is 9.47 Å². The van der Waals surface area contributed by atoms with E-state index in [0.717, 1.165) is 42.7 Å². The van der Waals surface area contributed by atoms with Crippen LogP contribution in [0.5, 0.6) is 5.75 Å². The molecule has 0 amide bonds. The highest BCUT2D eigenvalue weighted by Crippen LogP contribution is 2.20. The van der Waals surface area contributed by atoms with Gasteiger partial charge in [-0.25, -0.2) is 4.79 Å². The van der Waals surface area contributed by atoms with Crippen molar-refractivity contribution in [3.05, 3.63) is 77.9 Å². The van der Waals surface area contributed by atoms with Gasteiger partial charge < -0.3 is 9.47 Å². The molecule has 2 aromatic carbocycles. The molecular formula is C30H37NO3. The van der Waals surface area contributed by atoms with Gasteiger partial charge in [0.1, 0.15) is 5.75 Å². The number of carbonyl (C=O) groups is 1. The van der Waals surface area contributed by atoms with Crippen molar-refractivity contribution in [2.75, 3.05) is 13.2 Å². The highest BCUT2D eigenvalue weighted by Gasteiger charge is 2.02. The highest BCUT2D eigenvalue weighted by molar-refractivity contribution is 5.89. The van der Waals surface area contributed by atoms with Gasteiger partial charge in [-0.2, -0.15) is 5.26 Å². The number of hydrogen-bond donors (Lipinski definition) is 0. The predicted octanol–water partition coefficient (Wildman–Crippen LogP) is 7.76. The maximum atomic E-state index is 11.3. The second-order valence-electron chi connectivity index (χ2n) is 8.55. The molecule has 0 aromatic heterocycles. The molecule has 34 heavy (non-hydrogen) atoms. The maximum Gasteiger partial charge on any atom is 0.333 e. The molecule has 4 nitrogen and oxygen atoms in total. The lowest BCUT2D eigenvalue weighted by atomic mass is 10.0. The molecule has 0 unspecified atom stereocenters. The zero-order chi connectivity index (χ0) is 24.4. The van der Waals surface area contributed by atoms with E-state index in [9.17, 15) is 10.1 Å². The Balaban J connectivity index is 1.50. The summed E-state index contributed by atoms with van der Waals surface area (Å²) in [6, 6.07) is 19.9. The van der Waals surface area contributed by atoms with Gasteiger partial charge in [-0.05, 0) is 49.1 Å². The number of nitriles is 1. The number of ether oxygens (including phenoxy) is 2. The van der Waals surface area contributed by atoms with E-state index in [1.54, 1.807) is 6.92 Å². The van der Waals surface area contributed by atoms with E-state index in [2.05, 4.69) is 12.6 Å². The molecule has 0 bridgehead atoms. The van der Waals surface area contributed by atoms with E-state index in [1.165, 1.54) is 38.5 Å². The van der Waals surface area contributed by atoms with Gasteiger partial charge in [-0.1, -0.05) is 94.0 Å². The third-order valence-corrected chi connectivity index (χ3v) is 5.54. The monoisotopic (exact) mass is 459 g/mol. The molecule has 0 aliphatic carbocycles. The number of esters is 1. The van der Waals surface area contributed by atoms with Crippen molar-refractivity contribution in [1.82, 2.24) is 0 Å². The number of unbranched alkanes of at least 4 members (excludes halogenated alkanes) is 8. The van der Waals surface area contributed by atoms with E-state index in [-0.39, 0.29) is 5.97 Å². The molecule has 2 rings (SSSR count). The summed E-state index contributed by atoms with van der Waals surface area (Å²) < 4.78 is 11.0. The van der Waals surface area contributed by atoms with Crippen LogP contribution in [0.3, 0.4) is 0 Å². The Morgan fingerprint density at radius 2 is 1.41 bits per heavy atom. The molecule has 0 aliphatic heterocycles. The third-order valence-electron chi connectivity index (χ3n) is 5.54. The van der Waals surface area contributed by atoms with E-state index in [0.29, 0.717) is 17.8 Å². The number of benzene rings is 2. The van der Waals surface area contributed by atoms with Crippen molar-refractivity contribution in [3.63, 3.8) is 0 Å². The van der Waals surface area contributed by atoms with Crippen LogP contribution in [-0.4, -0.2) is 19.2 Å². The van der Waals surface area contributed by atoms with Gasteiger partial charge in [0.05, 0.1) is 24.9 Å². The standard InChI is InChI=1S/C30H37NO3/c1-25(2)30(32)34-22-14-9-7-5-3-4-6-8-13-21-33-29-19-17-26(18-20-29)23-28(24-31)27-15-11-10-12-16-27/h10-12,15-20,23H,1,3-9,13-14,21-22H2,2H3/b28-23+. The van der Waals surface area contributed by atoms with Gasteiger partial charge in [-0.3, -0.25) is 0 Å². The fourth-order valence-corrected chi connectivity index (χ4v) is 3.54. The second-order valence-corrected chi connectivity index (χ2v) is 8.55. The first-order chi connectivity index (χ1) is 16.6. The number of carbonyl (C=O) groups excluding carboxylic acids is 1. The number of nitrogens with zero attached hydrogens (tertiary/aromatic N) is 1. The summed E-state index contributed by atoms with van der Waals surface area (Å²) in [7, 11) is 0. The Bertz CT molecular complexity index is 939. The van der Waals surface area contributed by atoms with Crippen LogP contribution in [-0.2, 0) is 9.53 Å². The Morgan fingerprint density at radius 1 is 0.853 bits per heavy atom. The summed E-state index contributed by atoms with van der Waals surface area (Å²) >= 11 is 0. The smallest absolute Gasteiger partial charge is 0.333 e. The van der Waals surface area contributed by atoms with E-state index in [1.807, 2.05) is 60.7 Å². The Labute approximate surface area is 204 Å². The van der Waals surface area contributed by atoms with Gasteiger partial charge in [0.25, 0.3) is 0 Å². The van der Waals surface area contributed by atoms with Crippen molar-refractivity contribution in [2.45, 2.75) is 64.7 Å². The van der Waals surface area contributed by atoms with Gasteiger partial charge in [-0.15, -0.1) is 0 Å². The van der Waals surface area contributed by atoms with E-state index < -0.39 is 0 Å². The second kappa shape index (κ2) is 16.3. The molecule has 180 valence electrons. The molecule has 0 saturated carbocycles. The van der Waals surface area contributed by atoms with Crippen molar-refractivity contribution in [2.24, 2.45) is 0 Å². The molecule has 2 aromatic rings. The largest absolute Gasteiger partial charge is 0.494 e. The highest BCUT2D eigenvalue weighted by atomic mass is 16.5. The summed E-state index contributed by atoms with van der Waals surface area (Å²) in [5, 5.41) is 9.45. The van der Waals surface area contributed by atoms with Crippen LogP contribution >= 0.6 is 0 Å². The maximum absolute atomic E-state index is 11.3. The number of rotatable bonds is 16. The number of allylic oxidation sites excluding steroid dienone is 1. The summed E-state index contributed by atoms with van der Waals surface area (Å²) in [6.45, 7) is 6.47. The van der Waals surface area contributed by atoms with Crippen LogP contribution in [0.2, 0.25) is 0 Å². The van der Waals surface area contributed by atoms with Gasteiger partial charge in [0, 0.05) is 5.57 Å². The Morgan fingerprint density at radius 3 is 1.97 bits per heavy atom. The molecule has 0 spiro atoms. The summed E-state index contributed by atoms with van der Waals surface area (Å²) in [6.07, 6.45) is 12.4. The van der Waals surface area contributed by atoms with Gasteiger partial charge >= 0.3 is 5.97 Å². The normalized spacial score (nSPS) is 11.0. The molecule has 0 atom stereocenters. The van der Waals surface area contributed by atoms with Crippen LogP contribution in [0.15, 0.2) is 66.7 Å². The molecule has 0 fully saturated rings. The lowest BCUT2D eigenvalue weighted by Crippen LogP contribution is -2.05. The van der Waals surface area contributed by atoms with Crippen LogP contribution in [0.1, 0.15) is 75.8 Å².